The lowest BCUT2D eigenvalue weighted by Crippen LogP contribution is -2.56. The monoisotopic (exact) mass is 848 g/mol. The van der Waals surface area contributed by atoms with Crippen LogP contribution in [0.4, 0.5) is 0 Å². The van der Waals surface area contributed by atoms with Gasteiger partial charge in [-0.1, -0.05) is 224 Å². The molecule has 1 unspecified atom stereocenters. The van der Waals surface area contributed by atoms with Gasteiger partial charge in [-0.15, -0.1) is 0 Å². The van der Waals surface area contributed by atoms with Crippen LogP contribution in [0.25, 0.3) is 0 Å². The number of carbonyl (C=O) groups excluding carboxylic acids is 1. The van der Waals surface area contributed by atoms with E-state index in [1.165, 1.54) is 0 Å². The number of rotatable bonds is 24. The first-order valence-electron chi connectivity index (χ1n) is 22.1. The number of ether oxygens (including phenoxy) is 4. The first-order valence-corrected chi connectivity index (χ1v) is 24.3. The Bertz CT molecular complexity index is 2020. The molecule has 6 aromatic carbocycles. The molecule has 0 bridgehead atoms. The molecule has 0 aliphatic rings. The maximum Gasteiger partial charge on any atom is 0.313 e. The van der Waals surface area contributed by atoms with E-state index in [1.54, 1.807) is 0 Å². The first kappa shape index (κ1) is 46.5. The van der Waals surface area contributed by atoms with Gasteiger partial charge in [-0.25, -0.2) is 0 Å². The van der Waals surface area contributed by atoms with Crippen molar-refractivity contribution in [1.82, 2.24) is 0 Å². The standard InChI is InChI=1S/C55H64O6Si/c1-43(2)62(44(3)4,45(5)6)60-42-52(56)37-38-53(57-39-46-25-13-7-14-26-46)55(58-40-47-27-15-8-16-28-47,59-41-48-29-17-9-18-30-48)61-54(49-31-19-10-20-32-49,50-33-21-11-22-34-50)51-35-23-12-24-36-51/h7-36,43-45,53H,37-42H2,1-6H3. The molecular formula is C55H64O6Si. The fraction of sp³-hybridized carbons (Fsp3) is 0.327. The average Bonchev–Trinajstić information content (AvgIpc) is 3.31. The second-order valence-electron chi connectivity index (χ2n) is 17.0. The van der Waals surface area contributed by atoms with Crippen LogP contribution in [0.1, 0.15) is 87.8 Å². The second kappa shape index (κ2) is 22.4. The fourth-order valence-corrected chi connectivity index (χ4v) is 14.4. The molecule has 62 heavy (non-hydrogen) atoms. The highest BCUT2D eigenvalue weighted by Gasteiger charge is 2.53. The van der Waals surface area contributed by atoms with Crippen LogP contribution in [0, 0.1) is 0 Å². The van der Waals surface area contributed by atoms with Crippen LogP contribution in [0.5, 0.6) is 0 Å². The van der Waals surface area contributed by atoms with Crippen molar-refractivity contribution < 1.29 is 28.2 Å². The van der Waals surface area contributed by atoms with Crippen molar-refractivity contribution >= 4 is 14.1 Å². The maximum atomic E-state index is 14.3. The Morgan fingerprint density at radius 1 is 0.484 bits per heavy atom. The number of hydrogen-bond donors (Lipinski definition) is 0. The van der Waals surface area contributed by atoms with Gasteiger partial charge in [0.05, 0.1) is 26.4 Å². The number of carbonyl (C=O) groups is 1. The van der Waals surface area contributed by atoms with Gasteiger partial charge in [0.2, 0.25) is 8.32 Å². The molecule has 0 radical (unpaired) electrons. The lowest BCUT2D eigenvalue weighted by atomic mass is 9.80. The van der Waals surface area contributed by atoms with Crippen LogP contribution in [0.2, 0.25) is 16.6 Å². The summed E-state index contributed by atoms with van der Waals surface area (Å²) in [5.41, 5.74) is 5.19. The van der Waals surface area contributed by atoms with Crippen molar-refractivity contribution in [2.45, 2.75) is 109 Å². The zero-order valence-electron chi connectivity index (χ0n) is 37.3. The molecule has 0 aliphatic carbocycles. The van der Waals surface area contributed by atoms with E-state index in [-0.39, 0.29) is 45.1 Å². The molecule has 0 amide bonds. The van der Waals surface area contributed by atoms with Crippen LogP contribution >= 0.6 is 0 Å². The van der Waals surface area contributed by atoms with Crippen molar-refractivity contribution in [2.24, 2.45) is 0 Å². The molecule has 7 heteroatoms. The van der Waals surface area contributed by atoms with Gasteiger partial charge in [0.1, 0.15) is 11.7 Å². The van der Waals surface area contributed by atoms with Gasteiger partial charge < -0.3 is 23.4 Å². The fourth-order valence-electron chi connectivity index (χ4n) is 8.98. The summed E-state index contributed by atoms with van der Waals surface area (Å²) in [6.07, 6.45) is -0.536. The van der Waals surface area contributed by atoms with E-state index in [9.17, 15) is 4.79 Å². The molecule has 0 fully saturated rings. The third-order valence-electron chi connectivity index (χ3n) is 12.0. The number of hydrogen-bond acceptors (Lipinski definition) is 6. The Morgan fingerprint density at radius 3 is 1.18 bits per heavy atom. The summed E-state index contributed by atoms with van der Waals surface area (Å²) in [5, 5.41) is 0. The van der Waals surface area contributed by atoms with Gasteiger partial charge >= 0.3 is 5.97 Å². The molecule has 0 heterocycles. The highest BCUT2D eigenvalue weighted by Crippen LogP contribution is 2.47. The summed E-state index contributed by atoms with van der Waals surface area (Å²) in [4.78, 5) is 14.3. The number of Topliss-reactive ketones (excluding diaryl/α,β-unsaturated/α-hetero) is 1. The van der Waals surface area contributed by atoms with E-state index in [1.807, 2.05) is 146 Å². The summed E-state index contributed by atoms with van der Waals surface area (Å²) in [7, 11) is -2.31. The molecule has 0 aromatic heterocycles. The minimum atomic E-state index is -2.31. The van der Waals surface area contributed by atoms with Crippen molar-refractivity contribution in [1.29, 1.82) is 0 Å². The SMILES string of the molecule is CC(C)[Si](OCC(=O)CCC(OCc1ccccc1)C(OCc1ccccc1)(OCc1ccccc1)OC(c1ccccc1)(c1ccccc1)c1ccccc1)(C(C)C)C(C)C. The smallest absolute Gasteiger partial charge is 0.313 e. The average molecular weight is 849 g/mol. The van der Waals surface area contributed by atoms with Gasteiger partial charge in [-0.2, -0.15) is 0 Å². The Morgan fingerprint density at radius 2 is 0.823 bits per heavy atom. The second-order valence-corrected chi connectivity index (χ2v) is 22.5. The van der Waals surface area contributed by atoms with E-state index in [4.69, 9.17) is 23.4 Å². The van der Waals surface area contributed by atoms with Crippen molar-refractivity contribution in [2.75, 3.05) is 6.61 Å². The minimum absolute atomic E-state index is 0.00223. The summed E-state index contributed by atoms with van der Waals surface area (Å²) < 4.78 is 36.3. The Hall–Kier alpha value is -4.99. The summed E-state index contributed by atoms with van der Waals surface area (Å²) >= 11 is 0. The first-order chi connectivity index (χ1) is 30.1. The minimum Gasteiger partial charge on any atom is -0.409 e. The normalized spacial score (nSPS) is 12.9. The molecule has 0 saturated carbocycles. The number of benzene rings is 6. The van der Waals surface area contributed by atoms with Crippen LogP contribution in [0.3, 0.4) is 0 Å². The van der Waals surface area contributed by atoms with E-state index >= 15 is 0 Å². The van der Waals surface area contributed by atoms with E-state index in [0.717, 1.165) is 33.4 Å². The van der Waals surface area contributed by atoms with Crippen molar-refractivity contribution in [3.8, 4) is 0 Å². The molecule has 0 N–H and O–H groups in total. The highest BCUT2D eigenvalue weighted by atomic mass is 28.4. The molecule has 6 nitrogen and oxygen atoms in total. The topological polar surface area (TPSA) is 63.2 Å². The van der Waals surface area contributed by atoms with Crippen LogP contribution in [-0.4, -0.2) is 32.8 Å². The lowest BCUT2D eigenvalue weighted by molar-refractivity contribution is -0.446. The van der Waals surface area contributed by atoms with Gasteiger partial charge in [0.25, 0.3) is 0 Å². The molecule has 0 spiro atoms. The molecule has 0 saturated heterocycles. The molecular weight excluding hydrogens is 785 g/mol. The highest BCUT2D eigenvalue weighted by molar-refractivity contribution is 6.77. The van der Waals surface area contributed by atoms with Gasteiger partial charge in [0.15, 0.2) is 5.78 Å². The molecule has 6 rings (SSSR count). The van der Waals surface area contributed by atoms with Crippen LogP contribution in [0.15, 0.2) is 182 Å². The largest absolute Gasteiger partial charge is 0.409 e. The third-order valence-corrected chi connectivity index (χ3v) is 18.0. The quantitative estimate of drug-likeness (QED) is 0.0343. The number of ketones is 1. The molecule has 1 atom stereocenters. The Kier molecular flexibility index (Phi) is 16.8. The molecule has 324 valence electrons. The van der Waals surface area contributed by atoms with Crippen molar-refractivity contribution in [3.63, 3.8) is 0 Å². The van der Waals surface area contributed by atoms with Crippen molar-refractivity contribution in [3.05, 3.63) is 215 Å². The van der Waals surface area contributed by atoms with Gasteiger partial charge in [-0.3, -0.25) is 4.79 Å². The van der Waals surface area contributed by atoms with Crippen LogP contribution in [-0.2, 0) is 53.6 Å². The van der Waals surface area contributed by atoms with Crippen LogP contribution < -0.4 is 0 Å². The van der Waals surface area contributed by atoms with Gasteiger partial charge in [-0.05, 0) is 56.4 Å². The summed E-state index contributed by atoms with van der Waals surface area (Å²) in [6, 6.07) is 60.7. The maximum absolute atomic E-state index is 14.3. The Balaban J connectivity index is 1.53. The van der Waals surface area contributed by atoms with E-state index in [2.05, 4.69) is 77.9 Å². The zero-order valence-corrected chi connectivity index (χ0v) is 38.3. The molecule has 0 aliphatic heterocycles. The predicted molar refractivity (Wildman–Crippen MR) is 252 cm³/mol. The summed E-state index contributed by atoms with van der Waals surface area (Å²) in [6.45, 7) is 14.0. The predicted octanol–water partition coefficient (Wildman–Crippen LogP) is 13.2. The van der Waals surface area contributed by atoms with Gasteiger partial charge in [0, 0.05) is 6.42 Å². The molecule has 6 aromatic rings. The van der Waals surface area contributed by atoms with E-state index < -0.39 is 26.0 Å². The third kappa shape index (κ3) is 11.3. The lowest BCUT2D eigenvalue weighted by Gasteiger charge is -2.47. The Labute approximate surface area is 371 Å². The van der Waals surface area contributed by atoms with E-state index in [0.29, 0.717) is 16.6 Å². The summed E-state index contributed by atoms with van der Waals surface area (Å²) in [5.74, 6) is -1.91. The zero-order chi connectivity index (χ0) is 43.8.